The molecule has 0 bridgehead atoms. The van der Waals surface area contributed by atoms with Crippen LogP contribution < -0.4 is 5.73 Å². The van der Waals surface area contributed by atoms with Crippen molar-refractivity contribution in [1.82, 2.24) is 4.31 Å². The molecule has 1 aliphatic heterocycles. The third kappa shape index (κ3) is 2.82. The fourth-order valence-electron chi connectivity index (χ4n) is 2.32. The number of nitrogen functional groups attached to an aromatic ring is 1. The van der Waals surface area contributed by atoms with Gasteiger partial charge in [-0.2, -0.15) is 4.31 Å². The normalized spacial score (nSPS) is 22.2. The van der Waals surface area contributed by atoms with Crippen LogP contribution in [0, 0.1) is 6.92 Å². The van der Waals surface area contributed by atoms with E-state index in [0.717, 1.165) is 9.87 Å². The van der Waals surface area contributed by atoms with Gasteiger partial charge in [0, 0.05) is 13.1 Å². The van der Waals surface area contributed by atoms with Crippen LogP contribution in [0.1, 0.15) is 12.0 Å². The second-order valence-electron chi connectivity index (χ2n) is 5.12. The fourth-order valence-corrected chi connectivity index (χ4v) is 5.66. The molecule has 8 heteroatoms. The minimum atomic E-state index is -3.78. The molecule has 1 atom stereocenters. The lowest BCUT2D eigenvalue weighted by atomic mass is 10.2. The van der Waals surface area contributed by atoms with Crippen LogP contribution in [-0.4, -0.2) is 45.7 Å². The Kier molecular flexibility index (Phi) is 3.83. The summed E-state index contributed by atoms with van der Waals surface area (Å²) < 4.78 is 49.1. The third-order valence-corrected chi connectivity index (χ3v) is 7.28. The number of hydrogen-bond acceptors (Lipinski definition) is 5. The highest BCUT2D eigenvalue weighted by atomic mass is 32.2. The fraction of sp³-hybridized carbons (Fsp3) is 0.500. The largest absolute Gasteiger partial charge is 0.398 e. The number of hydrogen-bond donors (Lipinski definition) is 1. The summed E-state index contributed by atoms with van der Waals surface area (Å²) >= 11 is 0. The second kappa shape index (κ2) is 5.01. The molecule has 0 saturated carbocycles. The molecule has 1 aromatic carbocycles. The SMILES string of the molecule is Cc1ccc(S(=O)(=O)N(C)C2CCS(=O)(=O)C2)c(N)c1. The van der Waals surface area contributed by atoms with Crippen LogP contribution in [0.2, 0.25) is 0 Å². The number of nitrogens with two attached hydrogens (primary N) is 1. The molecule has 0 amide bonds. The molecular formula is C12H18N2O4S2. The summed E-state index contributed by atoms with van der Waals surface area (Å²) in [4.78, 5) is 0.0231. The van der Waals surface area contributed by atoms with Crippen LogP contribution in [0.4, 0.5) is 5.69 Å². The topological polar surface area (TPSA) is 97.5 Å². The van der Waals surface area contributed by atoms with E-state index in [9.17, 15) is 16.8 Å². The van der Waals surface area contributed by atoms with Gasteiger partial charge < -0.3 is 5.73 Å². The Morgan fingerprint density at radius 1 is 1.35 bits per heavy atom. The zero-order chi connectivity index (χ0) is 15.1. The molecule has 2 rings (SSSR count). The Morgan fingerprint density at radius 2 is 2.00 bits per heavy atom. The zero-order valence-corrected chi connectivity index (χ0v) is 13.0. The molecule has 1 heterocycles. The van der Waals surface area contributed by atoms with Crippen molar-refractivity contribution < 1.29 is 16.8 Å². The van der Waals surface area contributed by atoms with Gasteiger partial charge in [-0.3, -0.25) is 0 Å². The Balaban J connectivity index is 2.35. The molecule has 1 saturated heterocycles. The van der Waals surface area contributed by atoms with E-state index in [0.29, 0.717) is 6.42 Å². The maximum atomic E-state index is 12.5. The smallest absolute Gasteiger partial charge is 0.245 e. The van der Waals surface area contributed by atoms with E-state index in [2.05, 4.69) is 0 Å². The van der Waals surface area contributed by atoms with Gasteiger partial charge in [0.05, 0.1) is 17.2 Å². The first-order chi connectivity index (χ1) is 9.13. The van der Waals surface area contributed by atoms with Gasteiger partial charge in [-0.15, -0.1) is 0 Å². The number of benzene rings is 1. The Hall–Kier alpha value is -1.12. The molecular weight excluding hydrogens is 300 g/mol. The molecule has 0 aliphatic carbocycles. The maximum Gasteiger partial charge on any atom is 0.245 e. The van der Waals surface area contributed by atoms with Crippen molar-refractivity contribution >= 4 is 25.5 Å². The lowest BCUT2D eigenvalue weighted by Crippen LogP contribution is -2.38. The van der Waals surface area contributed by atoms with Gasteiger partial charge in [-0.05, 0) is 31.0 Å². The molecule has 0 aromatic heterocycles. The average molecular weight is 318 g/mol. The zero-order valence-electron chi connectivity index (χ0n) is 11.4. The molecule has 1 unspecified atom stereocenters. The maximum absolute atomic E-state index is 12.5. The minimum Gasteiger partial charge on any atom is -0.398 e. The van der Waals surface area contributed by atoms with Crippen LogP contribution in [-0.2, 0) is 19.9 Å². The summed E-state index contributed by atoms with van der Waals surface area (Å²) in [5.74, 6) is -0.102. The third-order valence-electron chi connectivity index (χ3n) is 3.54. The van der Waals surface area contributed by atoms with Gasteiger partial charge in [-0.1, -0.05) is 6.07 Å². The van der Waals surface area contributed by atoms with Gasteiger partial charge in [0.15, 0.2) is 9.84 Å². The van der Waals surface area contributed by atoms with Crippen LogP contribution in [0.15, 0.2) is 23.1 Å². The summed E-state index contributed by atoms with van der Waals surface area (Å²) in [5, 5.41) is 0. The summed E-state index contributed by atoms with van der Waals surface area (Å²) in [5.41, 5.74) is 6.82. The molecule has 112 valence electrons. The number of sulfone groups is 1. The first-order valence-corrected chi connectivity index (χ1v) is 9.44. The monoisotopic (exact) mass is 318 g/mol. The van der Waals surface area contributed by atoms with E-state index in [1.165, 1.54) is 13.1 Å². The van der Waals surface area contributed by atoms with E-state index in [4.69, 9.17) is 5.73 Å². The molecule has 1 fully saturated rings. The van der Waals surface area contributed by atoms with Gasteiger partial charge in [0.25, 0.3) is 0 Å². The molecule has 2 N–H and O–H groups in total. The van der Waals surface area contributed by atoms with Crippen molar-refractivity contribution in [3.05, 3.63) is 23.8 Å². The van der Waals surface area contributed by atoms with E-state index >= 15 is 0 Å². The predicted molar refractivity (Wildman–Crippen MR) is 77.6 cm³/mol. The van der Waals surface area contributed by atoms with Gasteiger partial charge in [0.1, 0.15) is 4.90 Å². The van der Waals surface area contributed by atoms with Crippen molar-refractivity contribution in [2.75, 3.05) is 24.3 Å². The van der Waals surface area contributed by atoms with Gasteiger partial charge in [-0.25, -0.2) is 16.8 Å². The molecule has 0 spiro atoms. The Bertz CT molecular complexity index is 726. The number of aryl methyl sites for hydroxylation is 1. The quantitative estimate of drug-likeness (QED) is 0.813. The van der Waals surface area contributed by atoms with E-state index in [1.807, 2.05) is 6.92 Å². The highest BCUT2D eigenvalue weighted by Gasteiger charge is 2.37. The van der Waals surface area contributed by atoms with E-state index in [-0.39, 0.29) is 22.1 Å². The first-order valence-electron chi connectivity index (χ1n) is 6.18. The first kappa shape index (κ1) is 15.3. The lowest BCUT2D eigenvalue weighted by molar-refractivity contribution is 0.394. The average Bonchev–Trinajstić information content (AvgIpc) is 2.68. The van der Waals surface area contributed by atoms with Crippen LogP contribution >= 0.6 is 0 Å². The number of anilines is 1. The van der Waals surface area contributed by atoms with Crippen LogP contribution in [0.25, 0.3) is 0 Å². The van der Waals surface area contributed by atoms with Crippen molar-refractivity contribution in [3.63, 3.8) is 0 Å². The minimum absolute atomic E-state index is 0.0231. The molecule has 1 aromatic rings. The second-order valence-corrected chi connectivity index (χ2v) is 9.31. The van der Waals surface area contributed by atoms with Crippen molar-refractivity contribution in [1.29, 1.82) is 0 Å². The lowest BCUT2D eigenvalue weighted by Gasteiger charge is -2.23. The molecule has 1 aliphatic rings. The van der Waals surface area contributed by atoms with Crippen LogP contribution in [0.3, 0.4) is 0 Å². The summed E-state index contributed by atoms with van der Waals surface area (Å²) in [7, 11) is -5.51. The van der Waals surface area contributed by atoms with E-state index in [1.54, 1.807) is 12.1 Å². The van der Waals surface area contributed by atoms with E-state index < -0.39 is 25.9 Å². The Morgan fingerprint density at radius 3 is 2.50 bits per heavy atom. The van der Waals surface area contributed by atoms with Gasteiger partial charge >= 0.3 is 0 Å². The summed E-state index contributed by atoms with van der Waals surface area (Å²) in [6.45, 7) is 1.82. The van der Waals surface area contributed by atoms with Crippen LogP contribution in [0.5, 0.6) is 0 Å². The van der Waals surface area contributed by atoms with Crippen molar-refractivity contribution in [2.45, 2.75) is 24.3 Å². The summed E-state index contributed by atoms with van der Waals surface area (Å²) in [6.07, 6.45) is 0.323. The van der Waals surface area contributed by atoms with Crippen molar-refractivity contribution in [3.8, 4) is 0 Å². The molecule has 20 heavy (non-hydrogen) atoms. The summed E-state index contributed by atoms with van der Waals surface area (Å²) in [6, 6.07) is 4.19. The number of sulfonamides is 1. The Labute approximate surface area is 119 Å². The number of rotatable bonds is 3. The molecule has 0 radical (unpaired) electrons. The number of nitrogens with zero attached hydrogens (tertiary/aromatic N) is 1. The predicted octanol–water partition coefficient (Wildman–Crippen LogP) is 0.385. The molecule has 6 nitrogen and oxygen atoms in total. The van der Waals surface area contributed by atoms with Gasteiger partial charge in [0.2, 0.25) is 10.0 Å². The highest BCUT2D eigenvalue weighted by Crippen LogP contribution is 2.27. The highest BCUT2D eigenvalue weighted by molar-refractivity contribution is 7.92. The van der Waals surface area contributed by atoms with Crippen molar-refractivity contribution in [2.24, 2.45) is 0 Å². The standard InChI is InChI=1S/C12H18N2O4S2/c1-9-3-4-12(11(13)7-9)20(17,18)14(2)10-5-6-19(15,16)8-10/h3-4,7,10H,5-6,8,13H2,1-2H3.